The van der Waals surface area contributed by atoms with Gasteiger partial charge in [-0.05, 0) is 24.3 Å². The van der Waals surface area contributed by atoms with Gasteiger partial charge in [0.25, 0.3) is 0 Å². The highest BCUT2D eigenvalue weighted by Crippen LogP contribution is 2.28. The number of carbonyl (C=O) groups excluding carboxylic acids is 1. The van der Waals surface area contributed by atoms with E-state index in [2.05, 4.69) is 5.32 Å². The van der Waals surface area contributed by atoms with Gasteiger partial charge in [-0.2, -0.15) is 17.0 Å². The van der Waals surface area contributed by atoms with Crippen molar-refractivity contribution in [1.29, 1.82) is 5.26 Å². The molecule has 94 valence electrons. The Morgan fingerprint density at radius 2 is 2.44 bits per heavy atom. The minimum Gasteiger partial charge on any atom is -0.495 e. The van der Waals surface area contributed by atoms with Crippen LogP contribution in [0.4, 0.5) is 5.69 Å². The average Bonchev–Trinajstić information content (AvgIpc) is 2.93. The molecule has 1 aromatic rings. The van der Waals surface area contributed by atoms with Crippen LogP contribution in [0, 0.1) is 17.2 Å². The van der Waals surface area contributed by atoms with Crippen LogP contribution in [-0.2, 0) is 4.79 Å². The number of nitriles is 1. The van der Waals surface area contributed by atoms with Gasteiger partial charge in [-0.15, -0.1) is 0 Å². The van der Waals surface area contributed by atoms with E-state index >= 15 is 0 Å². The topological polar surface area (TPSA) is 62.1 Å². The van der Waals surface area contributed by atoms with Gasteiger partial charge in [-0.1, -0.05) is 0 Å². The highest BCUT2D eigenvalue weighted by molar-refractivity contribution is 7.99. The lowest BCUT2D eigenvalue weighted by Crippen LogP contribution is -2.22. The number of hydrogen-bond donors (Lipinski definition) is 1. The van der Waals surface area contributed by atoms with Crippen molar-refractivity contribution in [3.05, 3.63) is 23.8 Å². The molecule has 0 aromatic heterocycles. The smallest absolute Gasteiger partial charge is 0.228 e. The quantitative estimate of drug-likeness (QED) is 0.907. The lowest BCUT2D eigenvalue weighted by molar-refractivity contribution is -0.119. The van der Waals surface area contributed by atoms with Crippen LogP contribution >= 0.6 is 11.8 Å². The van der Waals surface area contributed by atoms with Crippen LogP contribution < -0.4 is 10.1 Å². The van der Waals surface area contributed by atoms with E-state index in [-0.39, 0.29) is 11.8 Å². The molecule has 18 heavy (non-hydrogen) atoms. The number of ether oxygens (including phenoxy) is 1. The fraction of sp³-hybridized carbons (Fsp3) is 0.385. The Bertz CT molecular complexity index is 490. The van der Waals surface area contributed by atoms with Crippen molar-refractivity contribution in [3.63, 3.8) is 0 Å². The first-order valence-corrected chi connectivity index (χ1v) is 6.87. The van der Waals surface area contributed by atoms with Gasteiger partial charge >= 0.3 is 0 Å². The number of amides is 1. The van der Waals surface area contributed by atoms with Crippen molar-refractivity contribution in [2.75, 3.05) is 23.9 Å². The third kappa shape index (κ3) is 2.77. The molecule has 1 heterocycles. The number of carbonyl (C=O) groups is 1. The molecule has 2 rings (SSSR count). The zero-order valence-electron chi connectivity index (χ0n) is 10.1. The fourth-order valence-corrected chi connectivity index (χ4v) is 3.06. The molecule has 1 amide bonds. The van der Waals surface area contributed by atoms with Crippen molar-refractivity contribution >= 4 is 23.4 Å². The summed E-state index contributed by atoms with van der Waals surface area (Å²) in [5.74, 6) is 2.55. The second-order valence-electron chi connectivity index (χ2n) is 4.08. The molecule has 1 aliphatic heterocycles. The SMILES string of the molecule is COc1cc(C#N)ccc1NC(=O)C1CCSC1. The zero-order valence-corrected chi connectivity index (χ0v) is 10.9. The van der Waals surface area contributed by atoms with Crippen LogP contribution in [0.1, 0.15) is 12.0 Å². The average molecular weight is 262 g/mol. The summed E-state index contributed by atoms with van der Waals surface area (Å²) in [6, 6.07) is 7.04. The maximum atomic E-state index is 12.0. The number of nitrogens with zero attached hydrogens (tertiary/aromatic N) is 1. The van der Waals surface area contributed by atoms with Crippen LogP contribution in [0.25, 0.3) is 0 Å². The lowest BCUT2D eigenvalue weighted by atomic mass is 10.1. The summed E-state index contributed by atoms with van der Waals surface area (Å²) in [6.07, 6.45) is 0.926. The molecule has 0 radical (unpaired) electrons. The molecule has 0 bridgehead atoms. The first-order chi connectivity index (χ1) is 8.74. The molecular formula is C13H14N2O2S. The van der Waals surface area contributed by atoms with Crippen molar-refractivity contribution in [3.8, 4) is 11.8 Å². The van der Waals surface area contributed by atoms with Crippen LogP contribution in [-0.4, -0.2) is 24.5 Å². The van der Waals surface area contributed by atoms with E-state index in [4.69, 9.17) is 10.00 Å². The van der Waals surface area contributed by atoms with Gasteiger partial charge in [-0.25, -0.2) is 0 Å². The van der Waals surface area contributed by atoms with E-state index in [9.17, 15) is 4.79 Å². The molecule has 1 unspecified atom stereocenters. The molecular weight excluding hydrogens is 248 g/mol. The maximum Gasteiger partial charge on any atom is 0.228 e. The maximum absolute atomic E-state index is 12.0. The molecule has 0 spiro atoms. The van der Waals surface area contributed by atoms with E-state index < -0.39 is 0 Å². The van der Waals surface area contributed by atoms with E-state index in [0.717, 1.165) is 17.9 Å². The standard InChI is InChI=1S/C13H14N2O2S/c1-17-12-6-9(7-14)2-3-11(12)15-13(16)10-4-5-18-8-10/h2-3,6,10H,4-5,8H2,1H3,(H,15,16). The molecule has 5 heteroatoms. The van der Waals surface area contributed by atoms with Gasteiger partial charge in [0.2, 0.25) is 5.91 Å². The van der Waals surface area contributed by atoms with Crippen LogP contribution in [0.3, 0.4) is 0 Å². The molecule has 4 nitrogen and oxygen atoms in total. The van der Waals surface area contributed by atoms with Crippen LogP contribution in [0.5, 0.6) is 5.75 Å². The first-order valence-electron chi connectivity index (χ1n) is 5.71. The largest absolute Gasteiger partial charge is 0.495 e. The van der Waals surface area contributed by atoms with Crippen molar-refractivity contribution in [2.24, 2.45) is 5.92 Å². The van der Waals surface area contributed by atoms with Crippen molar-refractivity contribution in [1.82, 2.24) is 0 Å². The number of rotatable bonds is 3. The Balaban J connectivity index is 2.13. The highest BCUT2D eigenvalue weighted by Gasteiger charge is 2.23. The highest BCUT2D eigenvalue weighted by atomic mass is 32.2. The Morgan fingerprint density at radius 1 is 1.61 bits per heavy atom. The van der Waals surface area contributed by atoms with Crippen molar-refractivity contribution < 1.29 is 9.53 Å². The van der Waals surface area contributed by atoms with Gasteiger partial charge in [0.1, 0.15) is 5.75 Å². The molecule has 1 saturated heterocycles. The number of methoxy groups -OCH3 is 1. The minimum absolute atomic E-state index is 0.0306. The number of thioether (sulfide) groups is 1. The summed E-state index contributed by atoms with van der Waals surface area (Å²) in [4.78, 5) is 12.0. The van der Waals surface area contributed by atoms with Gasteiger partial charge in [-0.3, -0.25) is 4.79 Å². The summed E-state index contributed by atoms with van der Waals surface area (Å²) in [5, 5.41) is 11.7. The Hall–Kier alpha value is -1.67. The van der Waals surface area contributed by atoms with E-state index in [0.29, 0.717) is 17.0 Å². The van der Waals surface area contributed by atoms with Crippen molar-refractivity contribution in [2.45, 2.75) is 6.42 Å². The zero-order chi connectivity index (χ0) is 13.0. The molecule has 0 saturated carbocycles. The summed E-state index contributed by atoms with van der Waals surface area (Å²) in [7, 11) is 1.53. The summed E-state index contributed by atoms with van der Waals surface area (Å²) < 4.78 is 5.18. The molecule has 1 atom stereocenters. The van der Waals surface area contributed by atoms with E-state index in [1.54, 1.807) is 30.0 Å². The summed E-state index contributed by atoms with van der Waals surface area (Å²) in [5.41, 5.74) is 1.14. The monoisotopic (exact) mass is 262 g/mol. The predicted molar refractivity (Wildman–Crippen MR) is 71.8 cm³/mol. The number of nitrogens with one attached hydrogen (secondary N) is 1. The van der Waals surface area contributed by atoms with Gasteiger partial charge in [0.15, 0.2) is 0 Å². The van der Waals surface area contributed by atoms with Gasteiger partial charge in [0, 0.05) is 17.7 Å². The molecule has 0 aliphatic carbocycles. The van der Waals surface area contributed by atoms with Crippen LogP contribution in [0.15, 0.2) is 18.2 Å². The Kier molecular flexibility index (Phi) is 4.11. The molecule has 1 aliphatic rings. The van der Waals surface area contributed by atoms with E-state index in [1.165, 1.54) is 7.11 Å². The van der Waals surface area contributed by atoms with Crippen LogP contribution in [0.2, 0.25) is 0 Å². The first kappa shape index (κ1) is 12.8. The van der Waals surface area contributed by atoms with E-state index in [1.807, 2.05) is 6.07 Å². The summed E-state index contributed by atoms with van der Waals surface area (Å²) >= 11 is 1.80. The Labute approximate surface area is 110 Å². The van der Waals surface area contributed by atoms with Gasteiger partial charge < -0.3 is 10.1 Å². The molecule has 1 aromatic carbocycles. The normalized spacial score (nSPS) is 18.1. The molecule has 1 fully saturated rings. The molecule has 1 N–H and O–H groups in total. The number of benzene rings is 1. The third-order valence-corrected chi connectivity index (χ3v) is 4.05. The third-order valence-electron chi connectivity index (χ3n) is 2.89. The number of anilines is 1. The predicted octanol–water partition coefficient (Wildman–Crippen LogP) is 2.26. The number of hydrogen-bond acceptors (Lipinski definition) is 4. The second-order valence-corrected chi connectivity index (χ2v) is 5.23. The minimum atomic E-state index is 0.0306. The lowest BCUT2D eigenvalue weighted by Gasteiger charge is -2.13. The fourth-order valence-electron chi connectivity index (χ4n) is 1.84. The second kappa shape index (κ2) is 5.78. The Morgan fingerprint density at radius 3 is 3.06 bits per heavy atom. The van der Waals surface area contributed by atoms with Gasteiger partial charge in [0.05, 0.1) is 24.4 Å². The summed E-state index contributed by atoms with van der Waals surface area (Å²) in [6.45, 7) is 0.